The number of hydrogen-bond donors (Lipinski definition) is 0. The second-order valence-corrected chi connectivity index (χ2v) is 7.07. The highest BCUT2D eigenvalue weighted by Crippen LogP contribution is 2.29. The predicted molar refractivity (Wildman–Crippen MR) is 89.9 cm³/mol. The van der Waals surface area contributed by atoms with Gasteiger partial charge in [-0.25, -0.2) is 4.98 Å². The molecule has 3 heteroatoms. The average Bonchev–Trinajstić information content (AvgIpc) is 2.37. The average molecular weight is 333 g/mol. The van der Waals surface area contributed by atoms with Gasteiger partial charge in [-0.2, -0.15) is 0 Å². The van der Waals surface area contributed by atoms with Crippen molar-refractivity contribution in [3.05, 3.63) is 52.1 Å². The number of hydrogen-bond acceptors (Lipinski definition) is 2. The van der Waals surface area contributed by atoms with E-state index in [4.69, 9.17) is 0 Å². The maximum atomic E-state index is 4.50. The summed E-state index contributed by atoms with van der Waals surface area (Å²) in [4.78, 5) is 6.62. The first-order valence-corrected chi connectivity index (χ1v) is 7.55. The van der Waals surface area contributed by atoms with Crippen LogP contribution >= 0.6 is 15.9 Å². The minimum Gasteiger partial charge on any atom is -0.329 e. The van der Waals surface area contributed by atoms with E-state index >= 15 is 0 Å². The molecule has 0 aliphatic heterocycles. The van der Waals surface area contributed by atoms with E-state index in [0.29, 0.717) is 0 Å². The van der Waals surface area contributed by atoms with E-state index in [9.17, 15) is 0 Å². The standard InChI is InChI=1S/C17H21BrN2/c1-12-10-14(18)11-19-16(12)20(5)15-8-6-13(7-9-15)17(2,3)4/h6-11H,1-5H3. The first-order valence-electron chi connectivity index (χ1n) is 6.75. The normalized spacial score (nSPS) is 11.5. The van der Waals surface area contributed by atoms with Crippen molar-refractivity contribution in [2.75, 3.05) is 11.9 Å². The van der Waals surface area contributed by atoms with Crippen molar-refractivity contribution in [3.8, 4) is 0 Å². The van der Waals surface area contributed by atoms with Gasteiger partial charge in [0.05, 0.1) is 0 Å². The van der Waals surface area contributed by atoms with Gasteiger partial charge in [-0.05, 0) is 57.6 Å². The topological polar surface area (TPSA) is 16.1 Å². The summed E-state index contributed by atoms with van der Waals surface area (Å²) in [6, 6.07) is 10.8. The number of anilines is 2. The van der Waals surface area contributed by atoms with Crippen LogP contribution in [0.3, 0.4) is 0 Å². The van der Waals surface area contributed by atoms with Crippen molar-refractivity contribution in [3.63, 3.8) is 0 Å². The Hall–Kier alpha value is -1.35. The Morgan fingerprint density at radius 3 is 2.20 bits per heavy atom. The first-order chi connectivity index (χ1) is 9.29. The molecule has 0 spiro atoms. The summed E-state index contributed by atoms with van der Waals surface area (Å²) >= 11 is 3.45. The number of rotatable bonds is 2. The predicted octanol–water partition coefficient (Wildman–Crippen LogP) is 5.22. The van der Waals surface area contributed by atoms with Gasteiger partial charge in [0, 0.05) is 23.4 Å². The van der Waals surface area contributed by atoms with E-state index in [2.05, 4.69) is 90.9 Å². The lowest BCUT2D eigenvalue weighted by Gasteiger charge is -2.23. The Morgan fingerprint density at radius 1 is 1.10 bits per heavy atom. The molecule has 106 valence electrons. The van der Waals surface area contributed by atoms with Crippen molar-refractivity contribution in [1.82, 2.24) is 4.98 Å². The molecule has 0 saturated heterocycles. The summed E-state index contributed by atoms with van der Waals surface area (Å²) in [5, 5.41) is 0. The minimum absolute atomic E-state index is 0.183. The van der Waals surface area contributed by atoms with Gasteiger partial charge in [-0.3, -0.25) is 0 Å². The first kappa shape index (κ1) is 15.0. The zero-order chi connectivity index (χ0) is 14.9. The maximum absolute atomic E-state index is 4.50. The molecule has 1 heterocycles. The molecular formula is C17H21BrN2. The molecule has 0 N–H and O–H groups in total. The fourth-order valence-electron chi connectivity index (χ4n) is 2.19. The highest BCUT2D eigenvalue weighted by Gasteiger charge is 2.14. The zero-order valence-electron chi connectivity index (χ0n) is 12.7. The lowest BCUT2D eigenvalue weighted by Crippen LogP contribution is -2.14. The number of aromatic nitrogens is 1. The summed E-state index contributed by atoms with van der Waals surface area (Å²) in [6.45, 7) is 8.76. The van der Waals surface area contributed by atoms with Crippen LogP contribution in [0.2, 0.25) is 0 Å². The summed E-state index contributed by atoms with van der Waals surface area (Å²) in [5.41, 5.74) is 3.83. The van der Waals surface area contributed by atoms with Gasteiger partial charge < -0.3 is 4.90 Å². The van der Waals surface area contributed by atoms with E-state index in [1.54, 1.807) is 0 Å². The largest absolute Gasteiger partial charge is 0.329 e. The number of nitrogens with zero attached hydrogens (tertiary/aromatic N) is 2. The van der Waals surface area contributed by atoms with Gasteiger partial charge in [-0.15, -0.1) is 0 Å². The van der Waals surface area contributed by atoms with E-state index in [1.165, 1.54) is 5.56 Å². The van der Waals surface area contributed by atoms with Crippen molar-refractivity contribution in [2.45, 2.75) is 33.1 Å². The van der Waals surface area contributed by atoms with Crippen molar-refractivity contribution < 1.29 is 0 Å². The smallest absolute Gasteiger partial charge is 0.135 e. The van der Waals surface area contributed by atoms with Crippen LogP contribution in [0, 0.1) is 6.92 Å². The second-order valence-electron chi connectivity index (χ2n) is 6.15. The molecule has 0 fully saturated rings. The maximum Gasteiger partial charge on any atom is 0.135 e. The molecule has 1 aromatic carbocycles. The molecule has 2 aromatic rings. The van der Waals surface area contributed by atoms with E-state index in [-0.39, 0.29) is 5.41 Å². The Morgan fingerprint density at radius 2 is 1.70 bits per heavy atom. The number of aryl methyl sites for hydroxylation is 1. The number of benzene rings is 1. The Kier molecular flexibility index (Phi) is 4.19. The van der Waals surface area contributed by atoms with Gasteiger partial charge in [-0.1, -0.05) is 32.9 Å². The van der Waals surface area contributed by atoms with Crippen LogP contribution in [-0.4, -0.2) is 12.0 Å². The summed E-state index contributed by atoms with van der Waals surface area (Å²) in [6.07, 6.45) is 1.84. The van der Waals surface area contributed by atoms with Gasteiger partial charge in [0.15, 0.2) is 0 Å². The monoisotopic (exact) mass is 332 g/mol. The van der Waals surface area contributed by atoms with Crippen LogP contribution in [0.5, 0.6) is 0 Å². The van der Waals surface area contributed by atoms with Gasteiger partial charge in [0.25, 0.3) is 0 Å². The summed E-state index contributed by atoms with van der Waals surface area (Å²) in [7, 11) is 2.05. The SMILES string of the molecule is Cc1cc(Br)cnc1N(C)c1ccc(C(C)(C)C)cc1. The molecular weight excluding hydrogens is 312 g/mol. The third kappa shape index (κ3) is 3.21. The summed E-state index contributed by atoms with van der Waals surface area (Å²) in [5.74, 6) is 0.983. The van der Waals surface area contributed by atoms with E-state index in [1.807, 2.05) is 6.20 Å². The third-order valence-corrected chi connectivity index (χ3v) is 3.89. The van der Waals surface area contributed by atoms with Crippen LogP contribution in [-0.2, 0) is 5.41 Å². The minimum atomic E-state index is 0.183. The molecule has 0 bridgehead atoms. The molecule has 0 atom stereocenters. The van der Waals surface area contributed by atoms with Crippen LogP contribution in [0.4, 0.5) is 11.5 Å². The van der Waals surface area contributed by atoms with Crippen LogP contribution in [0.25, 0.3) is 0 Å². The van der Waals surface area contributed by atoms with Crippen molar-refractivity contribution in [2.24, 2.45) is 0 Å². The third-order valence-electron chi connectivity index (χ3n) is 3.46. The molecule has 0 unspecified atom stereocenters. The molecule has 20 heavy (non-hydrogen) atoms. The quantitative estimate of drug-likeness (QED) is 0.749. The van der Waals surface area contributed by atoms with Gasteiger partial charge in [0.1, 0.15) is 5.82 Å². The van der Waals surface area contributed by atoms with Crippen LogP contribution < -0.4 is 4.90 Å². The van der Waals surface area contributed by atoms with Crippen LogP contribution in [0.1, 0.15) is 31.9 Å². The molecule has 0 aliphatic rings. The highest BCUT2D eigenvalue weighted by molar-refractivity contribution is 9.10. The fourth-order valence-corrected chi connectivity index (χ4v) is 2.64. The lowest BCUT2D eigenvalue weighted by atomic mass is 9.87. The molecule has 0 amide bonds. The Balaban J connectivity index is 2.31. The molecule has 2 nitrogen and oxygen atoms in total. The zero-order valence-corrected chi connectivity index (χ0v) is 14.3. The Bertz CT molecular complexity index is 597. The van der Waals surface area contributed by atoms with Gasteiger partial charge >= 0.3 is 0 Å². The fraction of sp³-hybridized carbons (Fsp3) is 0.353. The molecule has 0 saturated carbocycles. The second kappa shape index (κ2) is 5.57. The Labute approximate surface area is 130 Å². The van der Waals surface area contributed by atoms with Crippen molar-refractivity contribution in [1.29, 1.82) is 0 Å². The summed E-state index contributed by atoms with van der Waals surface area (Å²) < 4.78 is 1.01. The van der Waals surface area contributed by atoms with E-state index in [0.717, 1.165) is 21.5 Å². The van der Waals surface area contributed by atoms with Crippen molar-refractivity contribution >= 4 is 27.4 Å². The van der Waals surface area contributed by atoms with E-state index < -0.39 is 0 Å². The molecule has 0 aliphatic carbocycles. The highest BCUT2D eigenvalue weighted by atomic mass is 79.9. The number of pyridine rings is 1. The molecule has 2 rings (SSSR count). The molecule has 0 radical (unpaired) electrons. The number of halogens is 1. The lowest BCUT2D eigenvalue weighted by molar-refractivity contribution is 0.590. The van der Waals surface area contributed by atoms with Crippen LogP contribution in [0.15, 0.2) is 41.0 Å². The molecule has 1 aromatic heterocycles. The van der Waals surface area contributed by atoms with Gasteiger partial charge in [0.2, 0.25) is 0 Å².